The summed E-state index contributed by atoms with van der Waals surface area (Å²) in [6.07, 6.45) is 5.26. The van der Waals surface area contributed by atoms with Gasteiger partial charge in [-0.3, -0.25) is 4.79 Å². The number of hydrogen-bond acceptors (Lipinski definition) is 4. The molecule has 2 atom stereocenters. The van der Waals surface area contributed by atoms with Crippen molar-refractivity contribution < 1.29 is 9.18 Å². The van der Waals surface area contributed by atoms with Gasteiger partial charge in [-0.2, -0.15) is 5.10 Å². The molecule has 34 heavy (non-hydrogen) atoms. The Kier molecular flexibility index (Phi) is 6.20. The first-order chi connectivity index (χ1) is 16.5. The number of rotatable bonds is 5. The van der Waals surface area contributed by atoms with Crippen molar-refractivity contribution in [3.8, 4) is 11.3 Å². The van der Waals surface area contributed by atoms with Crippen molar-refractivity contribution in [1.82, 2.24) is 19.9 Å². The monoisotopic (exact) mass is 477 g/mol. The van der Waals surface area contributed by atoms with Crippen LogP contribution in [0.5, 0.6) is 0 Å². The molecule has 5 rings (SSSR count). The lowest BCUT2D eigenvalue weighted by Crippen LogP contribution is -2.44. The molecule has 174 valence electrons. The van der Waals surface area contributed by atoms with Gasteiger partial charge in [0.15, 0.2) is 5.82 Å². The van der Waals surface area contributed by atoms with Crippen molar-refractivity contribution in [2.24, 2.45) is 5.92 Å². The van der Waals surface area contributed by atoms with Gasteiger partial charge in [0.1, 0.15) is 11.3 Å². The third kappa shape index (κ3) is 4.61. The number of hydrogen-bond donors (Lipinski definition) is 1. The van der Waals surface area contributed by atoms with Crippen LogP contribution in [0.4, 0.5) is 10.2 Å². The van der Waals surface area contributed by atoms with Crippen LogP contribution in [0.3, 0.4) is 0 Å². The minimum atomic E-state index is -0.287. The van der Waals surface area contributed by atoms with E-state index in [0.717, 1.165) is 47.5 Å². The van der Waals surface area contributed by atoms with Gasteiger partial charge in [0.25, 0.3) is 0 Å². The lowest BCUT2D eigenvalue weighted by Gasteiger charge is -2.33. The van der Waals surface area contributed by atoms with E-state index in [9.17, 15) is 9.18 Å². The summed E-state index contributed by atoms with van der Waals surface area (Å²) in [5.74, 6) is 0.369. The number of amides is 1. The highest BCUT2D eigenvalue weighted by Crippen LogP contribution is 2.29. The molecule has 0 saturated carbocycles. The highest BCUT2D eigenvalue weighted by Gasteiger charge is 2.28. The molecule has 6 nitrogen and oxygen atoms in total. The number of nitrogens with zero attached hydrogens (tertiary/aromatic N) is 4. The first-order valence-corrected chi connectivity index (χ1v) is 11.8. The van der Waals surface area contributed by atoms with Crippen LogP contribution in [0, 0.1) is 11.7 Å². The first-order valence-electron chi connectivity index (χ1n) is 11.4. The maximum absolute atomic E-state index is 13.2. The first kappa shape index (κ1) is 22.3. The van der Waals surface area contributed by atoms with E-state index in [2.05, 4.69) is 15.2 Å². The van der Waals surface area contributed by atoms with Gasteiger partial charge in [-0.25, -0.2) is 13.9 Å². The molecule has 1 fully saturated rings. The Morgan fingerprint density at radius 1 is 1.21 bits per heavy atom. The second-order valence-corrected chi connectivity index (χ2v) is 9.12. The zero-order valence-electron chi connectivity index (χ0n) is 18.8. The maximum atomic E-state index is 13.2. The lowest BCUT2D eigenvalue weighted by atomic mass is 9.96. The molecule has 0 radical (unpaired) electrons. The molecule has 4 aromatic rings. The number of piperidine rings is 1. The van der Waals surface area contributed by atoms with Gasteiger partial charge < -0.3 is 10.2 Å². The topological polar surface area (TPSA) is 62.5 Å². The third-order valence-electron chi connectivity index (χ3n) is 6.31. The molecule has 0 bridgehead atoms. The number of nitrogens with one attached hydrogen (secondary N) is 1. The summed E-state index contributed by atoms with van der Waals surface area (Å²) in [6.45, 7) is 3.31. The molecule has 1 aliphatic heterocycles. The SMILES string of the molecule is CC(NC(=O)C1CCCN(c2nccn3nc(-c4cccc(Cl)c4)cc23)C1)c1ccc(F)cc1. The molecule has 8 heteroatoms. The Bertz CT molecular complexity index is 1320. The van der Waals surface area contributed by atoms with Gasteiger partial charge in [-0.05, 0) is 55.7 Å². The summed E-state index contributed by atoms with van der Waals surface area (Å²) in [7, 11) is 0. The average molecular weight is 478 g/mol. The van der Waals surface area contributed by atoms with E-state index in [-0.39, 0.29) is 23.7 Å². The zero-order valence-corrected chi connectivity index (χ0v) is 19.5. The van der Waals surface area contributed by atoms with Gasteiger partial charge in [-0.1, -0.05) is 35.9 Å². The normalized spacial score (nSPS) is 17.0. The summed E-state index contributed by atoms with van der Waals surface area (Å²) in [5.41, 5.74) is 3.52. The van der Waals surface area contributed by atoms with Crippen LogP contribution in [-0.2, 0) is 4.79 Å². The molecule has 2 aromatic carbocycles. The molecule has 3 heterocycles. The zero-order chi connectivity index (χ0) is 23.7. The molecule has 1 amide bonds. The van der Waals surface area contributed by atoms with Crippen molar-refractivity contribution in [1.29, 1.82) is 0 Å². The lowest BCUT2D eigenvalue weighted by molar-refractivity contribution is -0.125. The quantitative estimate of drug-likeness (QED) is 0.424. The van der Waals surface area contributed by atoms with Crippen molar-refractivity contribution in [3.05, 3.63) is 83.4 Å². The van der Waals surface area contributed by atoms with Crippen LogP contribution in [0.15, 0.2) is 67.0 Å². The number of anilines is 1. The van der Waals surface area contributed by atoms with Crippen LogP contribution in [0.2, 0.25) is 5.02 Å². The van der Waals surface area contributed by atoms with Crippen molar-refractivity contribution in [2.45, 2.75) is 25.8 Å². The standard InChI is InChI=1S/C26H25ClFN5O/c1-17(18-7-9-22(28)10-8-18)30-26(34)20-5-3-12-32(16-20)25-24-15-23(31-33(24)13-11-29-25)19-4-2-6-21(27)14-19/h2,4,6-11,13-15,17,20H,3,5,12,16H2,1H3,(H,30,34). The summed E-state index contributed by atoms with van der Waals surface area (Å²) < 4.78 is 15.0. The molecular formula is C26H25ClFN5O. The summed E-state index contributed by atoms with van der Waals surface area (Å²) >= 11 is 6.16. The largest absolute Gasteiger partial charge is 0.354 e. The summed E-state index contributed by atoms with van der Waals surface area (Å²) in [6, 6.07) is 15.7. The number of carbonyl (C=O) groups excluding carboxylic acids is 1. The van der Waals surface area contributed by atoms with Crippen molar-refractivity contribution >= 4 is 28.8 Å². The molecular weight excluding hydrogens is 453 g/mol. The Balaban J connectivity index is 1.34. The van der Waals surface area contributed by atoms with E-state index >= 15 is 0 Å². The molecule has 1 N–H and O–H groups in total. The van der Waals surface area contributed by atoms with E-state index in [1.807, 2.05) is 48.0 Å². The Labute approximate surface area is 202 Å². The van der Waals surface area contributed by atoms with Gasteiger partial charge in [-0.15, -0.1) is 0 Å². The molecule has 0 aliphatic carbocycles. The van der Waals surface area contributed by atoms with Crippen LogP contribution in [-0.4, -0.2) is 33.6 Å². The fourth-order valence-electron chi connectivity index (χ4n) is 4.49. The minimum Gasteiger partial charge on any atom is -0.354 e. The summed E-state index contributed by atoms with van der Waals surface area (Å²) in [4.78, 5) is 19.8. The number of fused-ring (bicyclic) bond motifs is 1. The Morgan fingerprint density at radius 3 is 2.82 bits per heavy atom. The van der Waals surface area contributed by atoms with Gasteiger partial charge in [0, 0.05) is 36.1 Å². The van der Waals surface area contributed by atoms with Crippen LogP contribution in [0.25, 0.3) is 16.8 Å². The minimum absolute atomic E-state index is 0.00148. The van der Waals surface area contributed by atoms with E-state index < -0.39 is 0 Å². The van der Waals surface area contributed by atoms with E-state index in [4.69, 9.17) is 16.7 Å². The third-order valence-corrected chi connectivity index (χ3v) is 6.55. The smallest absolute Gasteiger partial charge is 0.225 e. The number of halogens is 2. The number of carbonyl (C=O) groups is 1. The average Bonchev–Trinajstić information content (AvgIpc) is 3.29. The van der Waals surface area contributed by atoms with E-state index in [1.165, 1.54) is 12.1 Å². The highest BCUT2D eigenvalue weighted by atomic mass is 35.5. The van der Waals surface area contributed by atoms with E-state index in [1.54, 1.807) is 18.3 Å². The predicted octanol–water partition coefficient (Wildman–Crippen LogP) is 5.28. The predicted molar refractivity (Wildman–Crippen MR) is 131 cm³/mol. The molecule has 1 saturated heterocycles. The van der Waals surface area contributed by atoms with Crippen molar-refractivity contribution in [3.63, 3.8) is 0 Å². The molecule has 2 aromatic heterocycles. The van der Waals surface area contributed by atoms with Crippen LogP contribution in [0.1, 0.15) is 31.4 Å². The van der Waals surface area contributed by atoms with Gasteiger partial charge in [0.2, 0.25) is 5.91 Å². The molecule has 2 unspecified atom stereocenters. The molecule has 1 aliphatic rings. The Morgan fingerprint density at radius 2 is 2.03 bits per heavy atom. The van der Waals surface area contributed by atoms with Crippen molar-refractivity contribution in [2.75, 3.05) is 18.0 Å². The summed E-state index contributed by atoms with van der Waals surface area (Å²) in [5, 5.41) is 8.44. The van der Waals surface area contributed by atoms with E-state index in [0.29, 0.717) is 11.6 Å². The highest BCUT2D eigenvalue weighted by molar-refractivity contribution is 6.30. The second kappa shape index (κ2) is 9.43. The fraction of sp³-hybridized carbons (Fsp3) is 0.269. The van der Waals surface area contributed by atoms with Crippen LogP contribution >= 0.6 is 11.6 Å². The number of benzene rings is 2. The van der Waals surface area contributed by atoms with Crippen LogP contribution < -0.4 is 10.2 Å². The Hall–Kier alpha value is -3.45. The van der Waals surface area contributed by atoms with Gasteiger partial charge in [0.05, 0.1) is 17.7 Å². The number of aromatic nitrogens is 3. The maximum Gasteiger partial charge on any atom is 0.225 e. The second-order valence-electron chi connectivity index (χ2n) is 8.69. The molecule has 0 spiro atoms. The fourth-order valence-corrected chi connectivity index (χ4v) is 4.68. The van der Waals surface area contributed by atoms with Gasteiger partial charge >= 0.3 is 0 Å².